The molecule has 2 aromatic heterocycles. The van der Waals surface area contributed by atoms with Crippen LogP contribution in [0.4, 0.5) is 0 Å². The standard InChI is InChI=1S/C13H15IN4O/c1-3-17(4-2)13(19)12-7-11(5-6-15-12)18-9-10(14)8-16-18/h5-9H,3-4H2,1-2H3. The molecule has 2 rings (SSSR count). The first-order chi connectivity index (χ1) is 9.15. The van der Waals surface area contributed by atoms with E-state index >= 15 is 0 Å². The molecule has 0 spiro atoms. The van der Waals surface area contributed by atoms with Gasteiger partial charge in [-0.05, 0) is 48.6 Å². The first kappa shape index (κ1) is 14.0. The van der Waals surface area contributed by atoms with E-state index in [4.69, 9.17) is 0 Å². The number of halogens is 1. The van der Waals surface area contributed by atoms with E-state index in [0.29, 0.717) is 18.8 Å². The average molecular weight is 370 g/mol. The van der Waals surface area contributed by atoms with Gasteiger partial charge in [-0.25, -0.2) is 4.68 Å². The quantitative estimate of drug-likeness (QED) is 0.777. The van der Waals surface area contributed by atoms with Crippen molar-refractivity contribution in [2.24, 2.45) is 0 Å². The fourth-order valence-corrected chi connectivity index (χ4v) is 2.18. The number of nitrogens with zero attached hydrogens (tertiary/aromatic N) is 4. The molecule has 0 atom stereocenters. The number of hydrogen-bond donors (Lipinski definition) is 0. The van der Waals surface area contributed by atoms with E-state index < -0.39 is 0 Å². The third-order valence-corrected chi connectivity index (χ3v) is 3.39. The molecular weight excluding hydrogens is 355 g/mol. The van der Waals surface area contributed by atoms with Crippen LogP contribution < -0.4 is 0 Å². The molecule has 0 saturated heterocycles. The number of rotatable bonds is 4. The molecule has 0 aromatic carbocycles. The van der Waals surface area contributed by atoms with Crippen LogP contribution in [-0.2, 0) is 0 Å². The van der Waals surface area contributed by atoms with Crippen molar-refractivity contribution in [2.75, 3.05) is 13.1 Å². The van der Waals surface area contributed by atoms with Crippen molar-refractivity contribution in [1.29, 1.82) is 0 Å². The van der Waals surface area contributed by atoms with Crippen molar-refractivity contribution in [3.8, 4) is 5.69 Å². The molecule has 0 fully saturated rings. The second kappa shape index (κ2) is 6.14. The van der Waals surface area contributed by atoms with Gasteiger partial charge in [-0.2, -0.15) is 5.10 Å². The summed E-state index contributed by atoms with van der Waals surface area (Å²) < 4.78 is 2.79. The molecule has 1 amide bonds. The average Bonchev–Trinajstić information content (AvgIpc) is 2.87. The lowest BCUT2D eigenvalue weighted by atomic mass is 10.3. The molecule has 0 bridgehead atoms. The van der Waals surface area contributed by atoms with Crippen molar-refractivity contribution < 1.29 is 4.79 Å². The van der Waals surface area contributed by atoms with Gasteiger partial charge in [0.1, 0.15) is 5.69 Å². The Morgan fingerprint density at radius 2 is 2.16 bits per heavy atom. The summed E-state index contributed by atoms with van der Waals surface area (Å²) >= 11 is 2.20. The van der Waals surface area contributed by atoms with Crippen LogP contribution in [0.1, 0.15) is 24.3 Å². The Hall–Kier alpha value is -1.44. The summed E-state index contributed by atoms with van der Waals surface area (Å²) in [5, 5.41) is 4.23. The Morgan fingerprint density at radius 3 is 2.74 bits per heavy atom. The van der Waals surface area contributed by atoms with Crippen LogP contribution in [0, 0.1) is 3.57 Å². The Kier molecular flexibility index (Phi) is 4.52. The maximum Gasteiger partial charge on any atom is 0.272 e. The van der Waals surface area contributed by atoms with Gasteiger partial charge in [0.05, 0.1) is 15.5 Å². The SMILES string of the molecule is CCN(CC)C(=O)c1cc(-n2cc(I)cn2)ccn1. The predicted octanol–water partition coefficient (Wildman–Crippen LogP) is 2.35. The zero-order valence-electron chi connectivity index (χ0n) is 10.9. The second-order valence-electron chi connectivity index (χ2n) is 3.98. The summed E-state index contributed by atoms with van der Waals surface area (Å²) in [4.78, 5) is 18.1. The van der Waals surface area contributed by atoms with Gasteiger partial charge in [-0.3, -0.25) is 9.78 Å². The minimum absolute atomic E-state index is 0.0475. The highest BCUT2D eigenvalue weighted by Gasteiger charge is 2.14. The summed E-state index contributed by atoms with van der Waals surface area (Å²) in [5.41, 5.74) is 1.29. The van der Waals surface area contributed by atoms with E-state index in [1.54, 1.807) is 28.0 Å². The fourth-order valence-electron chi connectivity index (χ4n) is 1.79. The number of aromatic nitrogens is 3. The number of hydrogen-bond acceptors (Lipinski definition) is 3. The van der Waals surface area contributed by atoms with Crippen LogP contribution in [0.15, 0.2) is 30.7 Å². The van der Waals surface area contributed by atoms with Crippen molar-refractivity contribution in [1.82, 2.24) is 19.7 Å². The first-order valence-electron chi connectivity index (χ1n) is 6.11. The molecule has 2 heterocycles. The van der Waals surface area contributed by atoms with Gasteiger partial charge < -0.3 is 4.90 Å². The molecule has 0 aliphatic rings. The number of carbonyl (C=O) groups excluding carboxylic acids is 1. The van der Waals surface area contributed by atoms with E-state index in [-0.39, 0.29) is 5.91 Å². The minimum Gasteiger partial charge on any atom is -0.338 e. The normalized spacial score (nSPS) is 10.5. The van der Waals surface area contributed by atoms with Crippen molar-refractivity contribution >= 4 is 28.5 Å². The second-order valence-corrected chi connectivity index (χ2v) is 5.23. The molecule has 100 valence electrons. The summed E-state index contributed by atoms with van der Waals surface area (Å²) in [6, 6.07) is 3.60. The van der Waals surface area contributed by atoms with E-state index in [1.807, 2.05) is 26.1 Å². The Bertz CT molecular complexity index is 578. The molecule has 5 nitrogen and oxygen atoms in total. The highest BCUT2D eigenvalue weighted by Crippen LogP contribution is 2.11. The molecule has 19 heavy (non-hydrogen) atoms. The monoisotopic (exact) mass is 370 g/mol. The van der Waals surface area contributed by atoms with Gasteiger partial charge in [0.15, 0.2) is 0 Å². The highest BCUT2D eigenvalue weighted by atomic mass is 127. The van der Waals surface area contributed by atoms with Crippen LogP contribution in [0.5, 0.6) is 0 Å². The van der Waals surface area contributed by atoms with Gasteiger partial charge in [-0.1, -0.05) is 0 Å². The smallest absolute Gasteiger partial charge is 0.272 e. The lowest BCUT2D eigenvalue weighted by Gasteiger charge is -2.18. The van der Waals surface area contributed by atoms with Gasteiger partial charge in [0.25, 0.3) is 5.91 Å². The van der Waals surface area contributed by atoms with Gasteiger partial charge in [0.2, 0.25) is 0 Å². The van der Waals surface area contributed by atoms with E-state index in [9.17, 15) is 4.79 Å². The summed E-state index contributed by atoms with van der Waals surface area (Å²) in [6.45, 7) is 5.28. The maximum absolute atomic E-state index is 12.2. The lowest BCUT2D eigenvalue weighted by molar-refractivity contribution is 0.0767. The van der Waals surface area contributed by atoms with Gasteiger partial charge >= 0.3 is 0 Å². The van der Waals surface area contributed by atoms with Crippen LogP contribution in [0.2, 0.25) is 0 Å². The van der Waals surface area contributed by atoms with Crippen molar-refractivity contribution in [2.45, 2.75) is 13.8 Å². The third-order valence-electron chi connectivity index (χ3n) is 2.83. The van der Waals surface area contributed by atoms with E-state index in [2.05, 4.69) is 32.7 Å². The van der Waals surface area contributed by atoms with Crippen molar-refractivity contribution in [3.05, 3.63) is 40.0 Å². The zero-order chi connectivity index (χ0) is 13.8. The molecule has 0 radical (unpaired) electrons. The lowest BCUT2D eigenvalue weighted by Crippen LogP contribution is -2.31. The maximum atomic E-state index is 12.2. The van der Waals surface area contributed by atoms with Crippen LogP contribution in [0.25, 0.3) is 5.69 Å². The molecule has 0 saturated carbocycles. The van der Waals surface area contributed by atoms with Crippen LogP contribution in [0.3, 0.4) is 0 Å². The minimum atomic E-state index is -0.0475. The Balaban J connectivity index is 2.31. The Labute approximate surface area is 125 Å². The van der Waals surface area contributed by atoms with E-state index in [0.717, 1.165) is 9.26 Å². The predicted molar refractivity (Wildman–Crippen MR) is 81.3 cm³/mol. The molecule has 0 N–H and O–H groups in total. The topological polar surface area (TPSA) is 51.0 Å². The van der Waals surface area contributed by atoms with Crippen LogP contribution >= 0.6 is 22.6 Å². The van der Waals surface area contributed by atoms with Gasteiger partial charge in [-0.15, -0.1) is 0 Å². The zero-order valence-corrected chi connectivity index (χ0v) is 13.0. The Morgan fingerprint density at radius 1 is 1.42 bits per heavy atom. The van der Waals surface area contributed by atoms with Gasteiger partial charge in [0, 0.05) is 25.5 Å². The number of carbonyl (C=O) groups is 1. The first-order valence-corrected chi connectivity index (χ1v) is 7.19. The molecule has 6 heteroatoms. The molecule has 0 aliphatic heterocycles. The fraction of sp³-hybridized carbons (Fsp3) is 0.308. The third kappa shape index (κ3) is 3.12. The highest BCUT2D eigenvalue weighted by molar-refractivity contribution is 14.1. The summed E-state index contributed by atoms with van der Waals surface area (Å²) in [5.74, 6) is -0.0475. The van der Waals surface area contributed by atoms with E-state index in [1.165, 1.54) is 0 Å². The van der Waals surface area contributed by atoms with Crippen LogP contribution in [-0.4, -0.2) is 38.7 Å². The summed E-state index contributed by atoms with van der Waals surface area (Å²) in [6.07, 6.45) is 5.31. The molecular formula is C13H15IN4O. The molecule has 0 aliphatic carbocycles. The molecule has 0 unspecified atom stereocenters. The molecule has 2 aromatic rings. The van der Waals surface area contributed by atoms with Crippen molar-refractivity contribution in [3.63, 3.8) is 0 Å². The largest absolute Gasteiger partial charge is 0.338 e. The number of pyridine rings is 1. The summed E-state index contributed by atoms with van der Waals surface area (Å²) in [7, 11) is 0. The number of amides is 1.